The van der Waals surface area contributed by atoms with E-state index in [1.54, 1.807) is 0 Å². The first-order valence-corrected chi connectivity index (χ1v) is 11.3. The molecule has 0 aromatic heterocycles. The Bertz CT molecular complexity index is 619. The minimum Gasteiger partial charge on any atom is -0.341 e. The van der Waals surface area contributed by atoms with Gasteiger partial charge < -0.3 is 15.1 Å². The maximum Gasteiger partial charge on any atom is 0.317 e. The summed E-state index contributed by atoms with van der Waals surface area (Å²) in [6.45, 7) is 5.69. The molecule has 0 bridgehead atoms. The number of carbonyl (C=O) groups excluding carboxylic acids is 2. The first-order chi connectivity index (χ1) is 13.2. The summed E-state index contributed by atoms with van der Waals surface area (Å²) in [5.74, 6) is 2.36. The Morgan fingerprint density at radius 2 is 1.85 bits per heavy atom. The van der Waals surface area contributed by atoms with Gasteiger partial charge in [-0.05, 0) is 18.4 Å². The normalized spacial score (nSPS) is 23.1. The Kier molecular flexibility index (Phi) is 7.44. The van der Waals surface area contributed by atoms with Crippen LogP contribution in [0.2, 0.25) is 0 Å². The van der Waals surface area contributed by atoms with Gasteiger partial charge in [0, 0.05) is 50.1 Å². The lowest BCUT2D eigenvalue weighted by Gasteiger charge is -2.40. The maximum atomic E-state index is 13.1. The van der Waals surface area contributed by atoms with E-state index < -0.39 is 0 Å². The molecule has 2 heterocycles. The first kappa shape index (κ1) is 20.1. The Hall–Kier alpha value is -1.69. The third kappa shape index (κ3) is 5.41. The Labute approximate surface area is 166 Å². The number of nitrogens with zero attached hydrogens (tertiary/aromatic N) is 2. The van der Waals surface area contributed by atoms with Gasteiger partial charge in [-0.3, -0.25) is 4.79 Å². The number of thioether (sulfide) groups is 1. The number of carbonyl (C=O) groups is 2. The summed E-state index contributed by atoms with van der Waals surface area (Å²) in [5.41, 5.74) is 1.22. The van der Waals surface area contributed by atoms with Crippen molar-refractivity contribution in [2.75, 3.05) is 44.2 Å². The molecule has 2 atom stereocenters. The molecule has 148 valence electrons. The predicted molar refractivity (Wildman–Crippen MR) is 111 cm³/mol. The zero-order valence-electron chi connectivity index (χ0n) is 16.2. The van der Waals surface area contributed by atoms with Gasteiger partial charge in [-0.1, -0.05) is 43.7 Å². The number of urea groups is 1. The van der Waals surface area contributed by atoms with Gasteiger partial charge in [0.25, 0.3) is 0 Å². The van der Waals surface area contributed by atoms with E-state index in [9.17, 15) is 9.59 Å². The highest BCUT2D eigenvalue weighted by molar-refractivity contribution is 7.99. The van der Waals surface area contributed by atoms with E-state index in [0.717, 1.165) is 43.9 Å². The van der Waals surface area contributed by atoms with Gasteiger partial charge in [-0.25, -0.2) is 4.79 Å². The summed E-state index contributed by atoms with van der Waals surface area (Å²) in [6, 6.07) is 10.3. The van der Waals surface area contributed by atoms with Gasteiger partial charge in [-0.15, -0.1) is 0 Å². The molecule has 1 aromatic rings. The van der Waals surface area contributed by atoms with Crippen molar-refractivity contribution in [1.82, 2.24) is 15.1 Å². The zero-order chi connectivity index (χ0) is 19.1. The Morgan fingerprint density at radius 1 is 1.11 bits per heavy atom. The third-order valence-electron chi connectivity index (χ3n) is 5.49. The van der Waals surface area contributed by atoms with Crippen molar-refractivity contribution in [1.29, 1.82) is 0 Å². The molecule has 3 amide bonds. The number of likely N-dealkylation sites (tertiary alicyclic amines) is 1. The number of rotatable bonds is 5. The fraction of sp³-hybridized carbons (Fsp3) is 0.619. The monoisotopic (exact) mass is 389 g/mol. The Morgan fingerprint density at radius 3 is 2.56 bits per heavy atom. The van der Waals surface area contributed by atoms with Crippen LogP contribution in [0.5, 0.6) is 0 Å². The van der Waals surface area contributed by atoms with Crippen molar-refractivity contribution in [2.45, 2.75) is 32.1 Å². The van der Waals surface area contributed by atoms with Crippen molar-refractivity contribution < 1.29 is 9.59 Å². The Balaban J connectivity index is 1.72. The second kappa shape index (κ2) is 10.0. The molecule has 6 heteroatoms. The first-order valence-electron chi connectivity index (χ1n) is 10.1. The molecule has 2 fully saturated rings. The van der Waals surface area contributed by atoms with Gasteiger partial charge in [-0.2, -0.15) is 11.8 Å². The van der Waals surface area contributed by atoms with Crippen LogP contribution >= 0.6 is 11.8 Å². The van der Waals surface area contributed by atoms with Crippen LogP contribution in [-0.4, -0.2) is 66.0 Å². The average molecular weight is 390 g/mol. The largest absolute Gasteiger partial charge is 0.341 e. The van der Waals surface area contributed by atoms with Crippen LogP contribution in [0.3, 0.4) is 0 Å². The summed E-state index contributed by atoms with van der Waals surface area (Å²) in [4.78, 5) is 29.7. The second-order valence-corrected chi connectivity index (χ2v) is 8.69. The molecule has 5 nitrogen and oxygen atoms in total. The lowest BCUT2D eigenvalue weighted by Crippen LogP contribution is -2.52. The smallest absolute Gasteiger partial charge is 0.317 e. The minimum absolute atomic E-state index is 0.0314. The molecule has 1 aromatic carbocycles. The van der Waals surface area contributed by atoms with Crippen LogP contribution in [-0.2, 0) is 4.79 Å². The third-order valence-corrected chi connectivity index (χ3v) is 6.43. The van der Waals surface area contributed by atoms with E-state index >= 15 is 0 Å². The molecule has 0 spiro atoms. The molecular formula is C21H31N3O2S. The average Bonchev–Trinajstić information content (AvgIpc) is 2.74. The topological polar surface area (TPSA) is 52.7 Å². The summed E-state index contributed by atoms with van der Waals surface area (Å²) in [6.07, 6.45) is 2.86. The van der Waals surface area contributed by atoms with Crippen molar-refractivity contribution >= 4 is 23.7 Å². The number of hydrogen-bond donors (Lipinski definition) is 1. The number of nitrogens with one attached hydrogen (secondary N) is 1. The van der Waals surface area contributed by atoms with Crippen molar-refractivity contribution in [3.8, 4) is 0 Å². The SMILES string of the molecule is CCCCNC(=O)N1C[C@H](C(=O)N2CCSCC2)C[C@H](c2ccccc2)C1. The summed E-state index contributed by atoms with van der Waals surface area (Å²) in [7, 11) is 0. The van der Waals surface area contributed by atoms with Crippen LogP contribution in [0.25, 0.3) is 0 Å². The molecule has 1 N–H and O–H groups in total. The molecule has 2 saturated heterocycles. The molecule has 0 aliphatic carbocycles. The molecule has 2 aliphatic heterocycles. The van der Waals surface area contributed by atoms with Crippen molar-refractivity contribution in [3.63, 3.8) is 0 Å². The highest BCUT2D eigenvalue weighted by atomic mass is 32.2. The van der Waals surface area contributed by atoms with Gasteiger partial charge in [0.05, 0.1) is 5.92 Å². The fourth-order valence-electron chi connectivity index (χ4n) is 3.94. The minimum atomic E-state index is -0.107. The lowest BCUT2D eigenvalue weighted by molar-refractivity contribution is -0.136. The molecule has 27 heavy (non-hydrogen) atoms. The highest BCUT2D eigenvalue weighted by Gasteiger charge is 2.36. The maximum absolute atomic E-state index is 13.1. The molecule has 0 saturated carbocycles. The number of hydrogen-bond acceptors (Lipinski definition) is 3. The van der Waals surface area contributed by atoms with Gasteiger partial charge in [0.15, 0.2) is 0 Å². The molecule has 0 unspecified atom stereocenters. The standard InChI is InChI=1S/C21H31N3O2S/c1-2-3-9-22-21(26)24-15-18(17-7-5-4-6-8-17)14-19(16-24)20(25)23-10-12-27-13-11-23/h4-8,18-19H,2-3,9-16H2,1H3,(H,22,26)/t18-,19+/m0/s1. The van der Waals surface area contributed by atoms with Crippen LogP contribution in [0.15, 0.2) is 30.3 Å². The number of amides is 3. The highest BCUT2D eigenvalue weighted by Crippen LogP contribution is 2.31. The van der Waals surface area contributed by atoms with Crippen LogP contribution < -0.4 is 5.32 Å². The van der Waals surface area contributed by atoms with Gasteiger partial charge >= 0.3 is 6.03 Å². The number of unbranched alkanes of at least 4 members (excludes halogenated alkanes) is 1. The predicted octanol–water partition coefficient (Wildman–Crippen LogP) is 3.18. The van der Waals surface area contributed by atoms with Gasteiger partial charge in [0.1, 0.15) is 0 Å². The van der Waals surface area contributed by atoms with E-state index in [-0.39, 0.29) is 23.8 Å². The molecule has 2 aliphatic rings. The van der Waals surface area contributed by atoms with E-state index in [1.807, 2.05) is 39.8 Å². The zero-order valence-corrected chi connectivity index (χ0v) is 17.0. The molecular weight excluding hydrogens is 358 g/mol. The molecule has 3 rings (SSSR count). The van der Waals surface area contributed by atoms with E-state index in [4.69, 9.17) is 0 Å². The van der Waals surface area contributed by atoms with Crippen molar-refractivity contribution in [2.24, 2.45) is 5.92 Å². The van der Waals surface area contributed by atoms with E-state index in [2.05, 4.69) is 24.4 Å². The number of piperidine rings is 1. The van der Waals surface area contributed by atoms with Crippen molar-refractivity contribution in [3.05, 3.63) is 35.9 Å². The molecule has 0 radical (unpaired) electrons. The van der Waals surface area contributed by atoms with E-state index in [1.165, 1.54) is 5.56 Å². The second-order valence-electron chi connectivity index (χ2n) is 7.47. The lowest BCUT2D eigenvalue weighted by atomic mass is 9.84. The summed E-state index contributed by atoms with van der Waals surface area (Å²) < 4.78 is 0. The summed E-state index contributed by atoms with van der Waals surface area (Å²) >= 11 is 1.91. The summed E-state index contributed by atoms with van der Waals surface area (Å²) in [5, 5.41) is 3.02. The number of benzene rings is 1. The van der Waals surface area contributed by atoms with Crippen LogP contribution in [0.4, 0.5) is 4.79 Å². The van der Waals surface area contributed by atoms with E-state index in [0.29, 0.717) is 19.6 Å². The fourth-order valence-corrected chi connectivity index (χ4v) is 4.84. The quantitative estimate of drug-likeness (QED) is 0.787. The van der Waals surface area contributed by atoms with Crippen LogP contribution in [0, 0.1) is 5.92 Å². The van der Waals surface area contributed by atoms with Crippen LogP contribution in [0.1, 0.15) is 37.7 Å². The van der Waals surface area contributed by atoms with Gasteiger partial charge in [0.2, 0.25) is 5.91 Å².